The molecule has 8 nitrogen and oxygen atoms in total. The van der Waals surface area contributed by atoms with Crippen molar-refractivity contribution < 1.29 is 23.1 Å². The lowest BCUT2D eigenvalue weighted by Gasteiger charge is -2.12. The molecule has 0 aliphatic carbocycles. The second-order valence-electron chi connectivity index (χ2n) is 3.58. The maximum atomic E-state index is 11.5. The number of nitrogens with one attached hydrogen (secondary N) is 1. The van der Waals surface area contributed by atoms with Crippen molar-refractivity contribution in [1.29, 1.82) is 0 Å². The zero-order valence-corrected chi connectivity index (χ0v) is 11.0. The maximum absolute atomic E-state index is 11.5. The average Bonchev–Trinajstić information content (AvgIpc) is 2.75. The molecular weight excluding hydrogens is 282 g/mol. The van der Waals surface area contributed by atoms with Gasteiger partial charge in [0, 0.05) is 6.26 Å². The molecular formula is C8H11N3O5S2. The van der Waals surface area contributed by atoms with Gasteiger partial charge >= 0.3 is 5.97 Å². The summed E-state index contributed by atoms with van der Waals surface area (Å²) < 4.78 is 29.1. The molecule has 18 heavy (non-hydrogen) atoms. The number of hydrogen-bond acceptors (Lipinski definition) is 7. The molecule has 1 unspecified atom stereocenters. The van der Waals surface area contributed by atoms with E-state index in [9.17, 15) is 18.0 Å². The highest BCUT2D eigenvalue weighted by molar-refractivity contribution is 7.90. The molecule has 100 valence electrons. The summed E-state index contributed by atoms with van der Waals surface area (Å²) in [4.78, 5) is 22.4. The Bertz CT molecular complexity index is 525. The first-order valence-corrected chi connectivity index (χ1v) is 7.57. The number of rotatable bonds is 6. The van der Waals surface area contributed by atoms with Gasteiger partial charge in [-0.05, 0) is 6.42 Å². The second kappa shape index (κ2) is 5.87. The largest absolute Gasteiger partial charge is 0.480 e. The van der Waals surface area contributed by atoms with E-state index in [2.05, 4.69) is 14.1 Å². The summed E-state index contributed by atoms with van der Waals surface area (Å²) in [6.07, 6.45) is 2.00. The molecule has 1 heterocycles. The van der Waals surface area contributed by atoms with Crippen LogP contribution < -0.4 is 5.32 Å². The summed E-state index contributed by atoms with van der Waals surface area (Å²) in [6, 6.07) is -1.27. The van der Waals surface area contributed by atoms with Crippen molar-refractivity contribution in [3.05, 3.63) is 11.9 Å². The molecule has 10 heteroatoms. The molecule has 0 aliphatic rings. The van der Waals surface area contributed by atoms with Gasteiger partial charge in [0.05, 0.1) is 23.7 Å². The molecule has 1 amide bonds. The minimum absolute atomic E-state index is 0.00519. The Labute approximate surface area is 107 Å². The van der Waals surface area contributed by atoms with Gasteiger partial charge in [0.15, 0.2) is 5.69 Å². The van der Waals surface area contributed by atoms with Crippen molar-refractivity contribution in [2.45, 2.75) is 12.5 Å². The lowest BCUT2D eigenvalue weighted by atomic mass is 10.2. The zero-order chi connectivity index (χ0) is 13.8. The SMILES string of the molecule is CS(=O)(=O)CCC(NC(=O)c1cnsn1)C(=O)O. The molecule has 0 bridgehead atoms. The van der Waals surface area contributed by atoms with Gasteiger partial charge in [0.2, 0.25) is 0 Å². The quantitative estimate of drug-likeness (QED) is 0.699. The molecule has 1 rings (SSSR count). The van der Waals surface area contributed by atoms with Crippen molar-refractivity contribution in [2.24, 2.45) is 0 Å². The Balaban J connectivity index is 2.64. The topological polar surface area (TPSA) is 126 Å². The molecule has 1 atom stereocenters. The van der Waals surface area contributed by atoms with Crippen molar-refractivity contribution in [3.8, 4) is 0 Å². The van der Waals surface area contributed by atoms with E-state index in [4.69, 9.17) is 5.11 Å². The van der Waals surface area contributed by atoms with Gasteiger partial charge in [-0.2, -0.15) is 8.75 Å². The number of aromatic nitrogens is 2. The average molecular weight is 293 g/mol. The molecule has 0 aromatic carbocycles. The van der Waals surface area contributed by atoms with Crippen molar-refractivity contribution in [2.75, 3.05) is 12.0 Å². The molecule has 2 N–H and O–H groups in total. The third-order valence-electron chi connectivity index (χ3n) is 1.97. The van der Waals surface area contributed by atoms with E-state index in [1.807, 2.05) is 0 Å². The fourth-order valence-corrected chi connectivity index (χ4v) is 2.16. The first-order valence-electron chi connectivity index (χ1n) is 4.78. The van der Waals surface area contributed by atoms with E-state index >= 15 is 0 Å². The van der Waals surface area contributed by atoms with Crippen LogP contribution in [0.1, 0.15) is 16.9 Å². The molecule has 0 radical (unpaired) electrons. The number of carboxylic acid groups (broad SMARTS) is 1. The van der Waals surface area contributed by atoms with E-state index in [1.165, 1.54) is 6.20 Å². The normalized spacial score (nSPS) is 12.9. The second-order valence-corrected chi connectivity index (χ2v) is 6.39. The van der Waals surface area contributed by atoms with Crippen molar-refractivity contribution in [1.82, 2.24) is 14.1 Å². The van der Waals surface area contributed by atoms with Gasteiger partial charge < -0.3 is 10.4 Å². The van der Waals surface area contributed by atoms with Gasteiger partial charge in [0.25, 0.3) is 5.91 Å². The summed E-state index contributed by atoms with van der Waals surface area (Å²) in [5.74, 6) is -2.31. The van der Waals surface area contributed by atoms with E-state index in [-0.39, 0.29) is 17.9 Å². The first kappa shape index (κ1) is 14.5. The van der Waals surface area contributed by atoms with E-state index in [1.54, 1.807) is 0 Å². The van der Waals surface area contributed by atoms with Crippen LogP contribution in [0.4, 0.5) is 0 Å². The third kappa shape index (κ3) is 4.75. The molecule has 1 aromatic heterocycles. The number of carbonyl (C=O) groups excluding carboxylic acids is 1. The van der Waals surface area contributed by atoms with Crippen LogP contribution in [-0.4, -0.2) is 52.2 Å². The van der Waals surface area contributed by atoms with Crippen LogP contribution in [0.25, 0.3) is 0 Å². The minimum Gasteiger partial charge on any atom is -0.480 e. The van der Waals surface area contributed by atoms with E-state index < -0.39 is 27.8 Å². The fourth-order valence-electron chi connectivity index (χ4n) is 1.09. The Hall–Kier alpha value is -1.55. The van der Waals surface area contributed by atoms with Crippen LogP contribution in [0.5, 0.6) is 0 Å². The van der Waals surface area contributed by atoms with Gasteiger partial charge in [0.1, 0.15) is 15.9 Å². The highest BCUT2D eigenvalue weighted by atomic mass is 32.2. The number of nitrogens with zero attached hydrogens (tertiary/aromatic N) is 2. The van der Waals surface area contributed by atoms with Crippen LogP contribution in [0, 0.1) is 0 Å². The van der Waals surface area contributed by atoms with E-state index in [0.29, 0.717) is 0 Å². The molecule has 0 fully saturated rings. The smallest absolute Gasteiger partial charge is 0.326 e. The summed E-state index contributed by atoms with van der Waals surface area (Å²) in [5.41, 5.74) is 0.00519. The van der Waals surface area contributed by atoms with E-state index in [0.717, 1.165) is 18.0 Å². The van der Waals surface area contributed by atoms with Crippen LogP contribution in [0.3, 0.4) is 0 Å². The monoisotopic (exact) mass is 293 g/mol. The Kier molecular flexibility index (Phi) is 4.73. The van der Waals surface area contributed by atoms with Crippen molar-refractivity contribution >= 4 is 33.4 Å². The lowest BCUT2D eigenvalue weighted by Crippen LogP contribution is -2.42. The molecule has 1 aromatic rings. The maximum Gasteiger partial charge on any atom is 0.326 e. The predicted octanol–water partition coefficient (Wildman–Crippen LogP) is -0.844. The van der Waals surface area contributed by atoms with Crippen LogP contribution >= 0.6 is 11.7 Å². The van der Waals surface area contributed by atoms with Gasteiger partial charge in [-0.15, -0.1) is 0 Å². The summed E-state index contributed by atoms with van der Waals surface area (Å²) >= 11 is 0.817. The Morgan fingerprint density at radius 3 is 2.67 bits per heavy atom. The highest BCUT2D eigenvalue weighted by Crippen LogP contribution is 2.00. The number of aliphatic carboxylic acids is 1. The molecule has 0 aliphatic heterocycles. The van der Waals surface area contributed by atoms with Gasteiger partial charge in [-0.25, -0.2) is 13.2 Å². The zero-order valence-electron chi connectivity index (χ0n) is 9.36. The molecule has 0 saturated carbocycles. The van der Waals surface area contributed by atoms with Crippen LogP contribution in [0.2, 0.25) is 0 Å². The summed E-state index contributed by atoms with van der Waals surface area (Å²) in [6.45, 7) is 0. The number of hydrogen-bond donors (Lipinski definition) is 2. The Morgan fingerprint density at radius 1 is 1.56 bits per heavy atom. The Morgan fingerprint density at radius 2 is 2.22 bits per heavy atom. The number of carbonyl (C=O) groups is 2. The first-order chi connectivity index (χ1) is 8.29. The van der Waals surface area contributed by atoms with Crippen molar-refractivity contribution in [3.63, 3.8) is 0 Å². The van der Waals surface area contributed by atoms with Crippen LogP contribution in [-0.2, 0) is 14.6 Å². The number of carboxylic acids is 1. The summed E-state index contributed by atoms with van der Waals surface area (Å²) in [7, 11) is -3.28. The third-order valence-corrected chi connectivity index (χ3v) is 3.43. The minimum atomic E-state index is -3.28. The molecule has 0 saturated heterocycles. The van der Waals surface area contributed by atoms with Crippen LogP contribution in [0.15, 0.2) is 6.20 Å². The highest BCUT2D eigenvalue weighted by Gasteiger charge is 2.23. The van der Waals surface area contributed by atoms with Gasteiger partial charge in [-0.1, -0.05) is 0 Å². The van der Waals surface area contributed by atoms with Gasteiger partial charge in [-0.3, -0.25) is 4.79 Å². The number of amides is 1. The number of sulfone groups is 1. The molecule has 0 spiro atoms. The fraction of sp³-hybridized carbons (Fsp3) is 0.500. The predicted molar refractivity (Wildman–Crippen MR) is 63.1 cm³/mol. The summed E-state index contributed by atoms with van der Waals surface area (Å²) in [5, 5.41) is 11.1. The lowest BCUT2D eigenvalue weighted by molar-refractivity contribution is -0.139. The standard InChI is InChI=1S/C8H11N3O5S2/c1-18(15,16)3-2-5(8(13)14)10-7(12)6-4-9-17-11-6/h4-5H,2-3H2,1H3,(H,10,12)(H,13,14).